The maximum atomic E-state index is 5.62. The van der Waals surface area contributed by atoms with Crippen LogP contribution < -0.4 is 0 Å². The Morgan fingerprint density at radius 1 is 0.862 bits per heavy atom. The van der Waals surface area contributed by atoms with Crippen LogP contribution in [0, 0.1) is 11.8 Å². The minimum absolute atomic E-state index is 0.711. The number of rotatable bonds is 11. The molecule has 0 heterocycles. The Balaban J connectivity index is 1.39. The molecule has 0 unspecified atom stereocenters. The predicted octanol–water partition coefficient (Wildman–Crippen LogP) is 7.99. The largest absolute Gasteiger partial charge is 0.377 e. The van der Waals surface area contributed by atoms with E-state index in [0.29, 0.717) is 6.61 Å². The van der Waals surface area contributed by atoms with Crippen LogP contribution in [0.15, 0.2) is 61.2 Å². The van der Waals surface area contributed by atoms with Gasteiger partial charge in [-0.25, -0.2) is 0 Å². The van der Waals surface area contributed by atoms with Gasteiger partial charge < -0.3 is 4.74 Å². The zero-order chi connectivity index (χ0) is 20.3. The van der Waals surface area contributed by atoms with Gasteiger partial charge in [-0.1, -0.05) is 74.4 Å². The zero-order valence-corrected chi connectivity index (χ0v) is 18.2. The van der Waals surface area contributed by atoms with Gasteiger partial charge in [0.25, 0.3) is 0 Å². The maximum absolute atomic E-state index is 5.62. The van der Waals surface area contributed by atoms with Crippen molar-refractivity contribution >= 4 is 0 Å². The molecule has 1 aliphatic rings. The first-order valence-electron chi connectivity index (χ1n) is 11.7. The summed E-state index contributed by atoms with van der Waals surface area (Å²) in [6.45, 7) is 7.64. The Hall–Kier alpha value is -1.86. The predicted molar refractivity (Wildman–Crippen MR) is 125 cm³/mol. The minimum Gasteiger partial charge on any atom is -0.377 e. The first-order valence-corrected chi connectivity index (χ1v) is 11.7. The van der Waals surface area contributed by atoms with Crippen LogP contribution >= 0.6 is 0 Å². The van der Waals surface area contributed by atoms with E-state index in [-0.39, 0.29) is 0 Å². The summed E-state index contributed by atoms with van der Waals surface area (Å²) < 4.78 is 5.62. The van der Waals surface area contributed by atoms with Crippen LogP contribution in [-0.2, 0) is 17.8 Å². The first kappa shape index (κ1) is 21.8. The van der Waals surface area contributed by atoms with Gasteiger partial charge in [0.15, 0.2) is 0 Å². The topological polar surface area (TPSA) is 9.23 Å². The molecule has 156 valence electrons. The molecule has 0 aliphatic heterocycles. The molecule has 0 spiro atoms. The van der Waals surface area contributed by atoms with Crippen molar-refractivity contribution in [1.82, 2.24) is 0 Å². The second kappa shape index (κ2) is 12.0. The lowest BCUT2D eigenvalue weighted by Gasteiger charge is -2.26. The Morgan fingerprint density at radius 2 is 1.48 bits per heavy atom. The molecule has 0 saturated heterocycles. The van der Waals surface area contributed by atoms with Gasteiger partial charge in [0.05, 0.1) is 6.61 Å². The third-order valence-corrected chi connectivity index (χ3v) is 6.41. The van der Waals surface area contributed by atoms with Crippen molar-refractivity contribution in [2.45, 2.75) is 71.3 Å². The van der Waals surface area contributed by atoms with E-state index in [0.717, 1.165) is 24.9 Å². The highest BCUT2D eigenvalue weighted by molar-refractivity contribution is 5.63. The fourth-order valence-corrected chi connectivity index (χ4v) is 4.47. The number of allylic oxidation sites excluding steroid dienone is 1. The minimum atomic E-state index is 0.711. The molecule has 29 heavy (non-hydrogen) atoms. The van der Waals surface area contributed by atoms with Crippen LogP contribution in [0.3, 0.4) is 0 Å². The number of hydrogen-bond donors (Lipinski definition) is 0. The summed E-state index contributed by atoms with van der Waals surface area (Å²) in [7, 11) is 0. The van der Waals surface area contributed by atoms with Crippen LogP contribution in [0.25, 0.3) is 11.1 Å². The van der Waals surface area contributed by atoms with Crippen LogP contribution in [-0.4, -0.2) is 6.61 Å². The van der Waals surface area contributed by atoms with E-state index in [1.165, 1.54) is 73.6 Å². The summed E-state index contributed by atoms with van der Waals surface area (Å²) in [6.07, 6.45) is 14.1. The molecule has 1 saturated carbocycles. The maximum Gasteiger partial charge on any atom is 0.0716 e. The molecule has 1 nitrogen and oxygen atoms in total. The molecule has 0 amide bonds. The number of aryl methyl sites for hydroxylation is 1. The lowest BCUT2D eigenvalue weighted by Crippen LogP contribution is -2.12. The van der Waals surface area contributed by atoms with Gasteiger partial charge in [0.1, 0.15) is 0 Å². The van der Waals surface area contributed by atoms with Gasteiger partial charge in [-0.2, -0.15) is 0 Å². The van der Waals surface area contributed by atoms with Gasteiger partial charge in [0.2, 0.25) is 0 Å². The van der Waals surface area contributed by atoms with Gasteiger partial charge in [-0.05, 0) is 79.0 Å². The van der Waals surface area contributed by atoms with E-state index < -0.39 is 0 Å². The first-order chi connectivity index (χ1) is 14.3. The van der Waals surface area contributed by atoms with Crippen LogP contribution in [0.1, 0.15) is 69.4 Å². The molecule has 3 rings (SSSR count). The molecule has 2 aromatic carbocycles. The summed E-state index contributed by atoms with van der Waals surface area (Å²) in [4.78, 5) is 0. The number of benzene rings is 2. The van der Waals surface area contributed by atoms with E-state index in [1.807, 2.05) is 0 Å². The number of hydrogen-bond acceptors (Lipinski definition) is 1. The summed E-state index contributed by atoms with van der Waals surface area (Å²) in [6, 6.07) is 17.9. The van der Waals surface area contributed by atoms with Crippen molar-refractivity contribution in [2.24, 2.45) is 11.8 Å². The van der Waals surface area contributed by atoms with E-state index in [4.69, 9.17) is 4.74 Å². The van der Waals surface area contributed by atoms with E-state index in [9.17, 15) is 0 Å². The zero-order valence-electron chi connectivity index (χ0n) is 18.2. The molecule has 0 radical (unpaired) electrons. The third-order valence-electron chi connectivity index (χ3n) is 6.41. The molecule has 0 aromatic heterocycles. The quantitative estimate of drug-likeness (QED) is 0.279. The lowest BCUT2D eigenvalue weighted by molar-refractivity contribution is 0.121. The highest BCUT2D eigenvalue weighted by Crippen LogP contribution is 2.32. The third kappa shape index (κ3) is 7.16. The Labute approximate surface area is 178 Å². The van der Waals surface area contributed by atoms with E-state index in [2.05, 4.69) is 68.1 Å². The smallest absolute Gasteiger partial charge is 0.0716 e. The Bertz CT molecular complexity index is 705. The molecule has 0 N–H and O–H groups in total. The van der Waals surface area contributed by atoms with Crippen molar-refractivity contribution in [1.29, 1.82) is 0 Å². The molecule has 2 aromatic rings. The SMILES string of the molecule is C=CC1CCC(CCCCc2ccc(-c3ccc(COCCC)cc3)cc2)CC1. The molecular formula is C28H38O. The Kier molecular flexibility index (Phi) is 9.02. The normalized spacial score (nSPS) is 19.2. The summed E-state index contributed by atoms with van der Waals surface area (Å²) >= 11 is 0. The van der Waals surface area contributed by atoms with Crippen molar-refractivity contribution < 1.29 is 4.74 Å². The van der Waals surface area contributed by atoms with Crippen molar-refractivity contribution in [3.05, 3.63) is 72.3 Å². The number of ether oxygens (including phenoxy) is 1. The van der Waals surface area contributed by atoms with Crippen LogP contribution in [0.4, 0.5) is 0 Å². The molecule has 0 bridgehead atoms. The standard InChI is InChI=1S/C28H38O/c1-3-21-29-22-26-15-19-28(20-16-26)27-17-13-25(14-18-27)8-6-5-7-24-11-9-23(4-2)10-12-24/h4,13-20,23-24H,2-3,5-12,21-22H2,1H3. The summed E-state index contributed by atoms with van der Waals surface area (Å²) in [5, 5.41) is 0. The van der Waals surface area contributed by atoms with E-state index >= 15 is 0 Å². The van der Waals surface area contributed by atoms with Crippen molar-refractivity contribution in [2.75, 3.05) is 6.61 Å². The fourth-order valence-electron chi connectivity index (χ4n) is 4.47. The average molecular weight is 391 g/mol. The highest BCUT2D eigenvalue weighted by Gasteiger charge is 2.18. The van der Waals surface area contributed by atoms with E-state index in [1.54, 1.807) is 0 Å². The lowest BCUT2D eigenvalue weighted by atomic mass is 9.80. The van der Waals surface area contributed by atoms with Gasteiger partial charge >= 0.3 is 0 Å². The van der Waals surface area contributed by atoms with Gasteiger partial charge in [-0.15, -0.1) is 6.58 Å². The number of unbranched alkanes of at least 4 members (excludes halogenated alkanes) is 1. The monoisotopic (exact) mass is 390 g/mol. The molecule has 0 atom stereocenters. The van der Waals surface area contributed by atoms with Crippen molar-refractivity contribution in [3.63, 3.8) is 0 Å². The average Bonchev–Trinajstić information content (AvgIpc) is 2.78. The Morgan fingerprint density at radius 3 is 2.07 bits per heavy atom. The van der Waals surface area contributed by atoms with Gasteiger partial charge in [-0.3, -0.25) is 0 Å². The molecular weight excluding hydrogens is 352 g/mol. The highest BCUT2D eigenvalue weighted by atomic mass is 16.5. The van der Waals surface area contributed by atoms with Crippen LogP contribution in [0.5, 0.6) is 0 Å². The molecule has 1 aliphatic carbocycles. The summed E-state index contributed by atoms with van der Waals surface area (Å²) in [5.74, 6) is 1.75. The summed E-state index contributed by atoms with van der Waals surface area (Å²) in [5.41, 5.74) is 5.30. The van der Waals surface area contributed by atoms with Crippen molar-refractivity contribution in [3.8, 4) is 11.1 Å². The molecule has 1 fully saturated rings. The fraction of sp³-hybridized carbons (Fsp3) is 0.500. The van der Waals surface area contributed by atoms with Gasteiger partial charge in [0, 0.05) is 6.61 Å². The molecule has 1 heteroatoms. The van der Waals surface area contributed by atoms with Crippen LogP contribution in [0.2, 0.25) is 0 Å². The second-order valence-corrected chi connectivity index (χ2v) is 8.71. The second-order valence-electron chi connectivity index (χ2n) is 8.71.